The summed E-state index contributed by atoms with van der Waals surface area (Å²) in [6, 6.07) is 21.0. The predicted octanol–water partition coefficient (Wildman–Crippen LogP) is 6.77. The Kier molecular flexibility index (Phi) is 10.4. The number of anilines is 6. The summed E-state index contributed by atoms with van der Waals surface area (Å²) in [4.78, 5) is 24.2. The topological polar surface area (TPSA) is 113 Å². The number of hydrogen-bond acceptors (Lipinski definition) is 9. The van der Waals surface area contributed by atoms with Gasteiger partial charge in [0.25, 0.3) is 0 Å². The molecular formula is C28H28F3N7O3S. The molecule has 0 radical (unpaired) electrons. The summed E-state index contributed by atoms with van der Waals surface area (Å²) < 4.78 is 49.0. The number of amides is 2. The Morgan fingerprint density at radius 2 is 1.64 bits per heavy atom. The number of alkyl halides is 3. The van der Waals surface area contributed by atoms with Crippen LogP contribution in [-0.2, 0) is 4.74 Å². The van der Waals surface area contributed by atoms with Crippen molar-refractivity contribution in [1.29, 1.82) is 0 Å². The lowest BCUT2D eigenvalue weighted by atomic mass is 10.2. The van der Waals surface area contributed by atoms with Crippen LogP contribution in [0.3, 0.4) is 0 Å². The van der Waals surface area contributed by atoms with Gasteiger partial charge in [-0.2, -0.15) is 4.98 Å². The molecule has 10 nitrogen and oxygen atoms in total. The van der Waals surface area contributed by atoms with Gasteiger partial charge < -0.3 is 30.3 Å². The maximum absolute atomic E-state index is 12.3. The summed E-state index contributed by atoms with van der Waals surface area (Å²) in [6.45, 7) is 1.35. The van der Waals surface area contributed by atoms with Crippen molar-refractivity contribution in [3.8, 4) is 5.75 Å². The summed E-state index contributed by atoms with van der Waals surface area (Å²) in [5, 5.41) is 8.47. The zero-order valence-corrected chi connectivity index (χ0v) is 23.4. The number of methoxy groups -OCH3 is 1. The van der Waals surface area contributed by atoms with E-state index >= 15 is 0 Å². The number of nitrogens with zero attached hydrogens (tertiary/aromatic N) is 3. The molecule has 3 aromatic carbocycles. The smallest absolute Gasteiger partial charge is 0.406 e. The lowest BCUT2D eigenvalue weighted by molar-refractivity contribution is -0.274. The Bertz CT molecular complexity index is 1460. The fourth-order valence-electron chi connectivity index (χ4n) is 3.57. The number of rotatable bonds is 12. The molecule has 0 aliphatic carbocycles. The first-order chi connectivity index (χ1) is 20.2. The molecule has 1 heterocycles. The molecule has 0 unspecified atom stereocenters. The van der Waals surface area contributed by atoms with Gasteiger partial charge in [-0.05, 0) is 84.7 Å². The Morgan fingerprint density at radius 3 is 2.31 bits per heavy atom. The molecule has 0 fully saturated rings. The van der Waals surface area contributed by atoms with Crippen molar-refractivity contribution in [2.24, 2.45) is 0 Å². The minimum absolute atomic E-state index is 0.302. The molecule has 14 heteroatoms. The zero-order chi connectivity index (χ0) is 30.0. The van der Waals surface area contributed by atoms with Crippen LogP contribution in [0.2, 0.25) is 0 Å². The Hall–Kier alpha value is -4.53. The van der Waals surface area contributed by atoms with Crippen molar-refractivity contribution in [1.82, 2.24) is 14.7 Å². The van der Waals surface area contributed by atoms with Gasteiger partial charge in [0.05, 0.1) is 6.61 Å². The number of benzene rings is 3. The van der Waals surface area contributed by atoms with Gasteiger partial charge in [0.1, 0.15) is 11.6 Å². The van der Waals surface area contributed by atoms with Crippen molar-refractivity contribution in [2.45, 2.75) is 11.3 Å². The van der Waals surface area contributed by atoms with Crippen LogP contribution >= 0.6 is 11.9 Å². The Morgan fingerprint density at radius 1 is 0.952 bits per heavy atom. The number of urea groups is 1. The maximum Gasteiger partial charge on any atom is 0.573 e. The quantitative estimate of drug-likeness (QED) is 0.103. The molecule has 2 amide bonds. The highest BCUT2D eigenvalue weighted by Gasteiger charge is 2.31. The second kappa shape index (κ2) is 14.4. The first-order valence-electron chi connectivity index (χ1n) is 12.5. The largest absolute Gasteiger partial charge is 0.573 e. The molecule has 0 aliphatic heterocycles. The van der Waals surface area contributed by atoms with Crippen molar-refractivity contribution in [3.05, 3.63) is 85.1 Å². The van der Waals surface area contributed by atoms with E-state index in [1.165, 1.54) is 24.1 Å². The molecular weight excluding hydrogens is 571 g/mol. The molecule has 0 spiro atoms. The number of carbonyl (C=O) groups excluding carboxylic acids is 1. The molecule has 0 saturated heterocycles. The van der Waals surface area contributed by atoms with Gasteiger partial charge >= 0.3 is 12.4 Å². The number of carbonyl (C=O) groups is 1. The van der Waals surface area contributed by atoms with Gasteiger partial charge in [-0.15, -0.1) is 13.2 Å². The molecule has 4 N–H and O–H groups in total. The van der Waals surface area contributed by atoms with Crippen molar-refractivity contribution in [2.75, 3.05) is 48.2 Å². The monoisotopic (exact) mass is 599 g/mol. The molecule has 4 aromatic rings. The van der Waals surface area contributed by atoms with E-state index in [1.807, 2.05) is 48.3 Å². The third kappa shape index (κ3) is 9.54. The molecule has 1 aromatic heterocycles. The normalized spacial score (nSPS) is 11.1. The number of halogens is 3. The second-order valence-electron chi connectivity index (χ2n) is 8.64. The average Bonchev–Trinajstić information content (AvgIpc) is 2.96. The summed E-state index contributed by atoms with van der Waals surface area (Å²) in [5.41, 5.74) is 2.47. The number of nitrogens with one attached hydrogen (secondary N) is 4. The van der Waals surface area contributed by atoms with Crippen LogP contribution < -0.4 is 30.3 Å². The van der Waals surface area contributed by atoms with Crippen LogP contribution in [0.15, 0.2) is 90.0 Å². The van der Waals surface area contributed by atoms with Crippen LogP contribution in [-0.4, -0.2) is 49.7 Å². The Balaban J connectivity index is 1.32. The molecule has 4 rings (SSSR count). The van der Waals surface area contributed by atoms with Crippen molar-refractivity contribution in [3.63, 3.8) is 0 Å². The molecule has 220 valence electrons. The fraction of sp³-hybridized carbons (Fsp3) is 0.179. The molecule has 0 bridgehead atoms. The highest BCUT2D eigenvalue weighted by atomic mass is 32.2. The van der Waals surface area contributed by atoms with E-state index in [0.717, 1.165) is 34.9 Å². The SMILES string of the molecule is COCCNSc1cccc(Nc2nccc(N(C)c3ccc(NC(=O)Nc4ccc(OC(F)(F)F)cc4)cc3)n2)c1. The molecule has 0 atom stereocenters. The second-order valence-corrected chi connectivity index (χ2v) is 9.60. The van der Waals surface area contributed by atoms with E-state index in [2.05, 4.69) is 35.4 Å². The van der Waals surface area contributed by atoms with E-state index in [9.17, 15) is 18.0 Å². The standard InChI is InChI=1S/C28H28F3N7O3S/c1-38(25-14-15-32-26(37-25)34-21-4-3-5-24(18-21)42-33-16-17-40-2)22-10-6-19(7-11-22)35-27(39)36-20-8-12-23(13-9-20)41-28(29,30)31/h3-15,18,33H,16-17H2,1-2H3,(H,32,34,37)(H2,35,36,39). The van der Waals surface area contributed by atoms with Gasteiger partial charge in [-0.25, -0.2) is 9.78 Å². The highest BCUT2D eigenvalue weighted by Crippen LogP contribution is 2.27. The fourth-order valence-corrected chi connectivity index (χ4v) is 4.26. The van der Waals surface area contributed by atoms with E-state index < -0.39 is 12.4 Å². The Labute approximate surface area is 244 Å². The van der Waals surface area contributed by atoms with Gasteiger partial charge in [0, 0.05) is 54.5 Å². The van der Waals surface area contributed by atoms with Crippen LogP contribution in [0.1, 0.15) is 0 Å². The van der Waals surface area contributed by atoms with Crippen LogP contribution in [0, 0.1) is 0 Å². The minimum atomic E-state index is -4.78. The maximum atomic E-state index is 12.3. The molecule has 0 saturated carbocycles. The van der Waals surface area contributed by atoms with Crippen LogP contribution in [0.25, 0.3) is 0 Å². The number of aromatic nitrogens is 2. The predicted molar refractivity (Wildman–Crippen MR) is 158 cm³/mol. The van der Waals surface area contributed by atoms with Gasteiger partial charge in [-0.1, -0.05) is 6.07 Å². The van der Waals surface area contributed by atoms with Crippen LogP contribution in [0.4, 0.5) is 52.5 Å². The number of hydrogen-bond donors (Lipinski definition) is 4. The number of ether oxygens (including phenoxy) is 2. The average molecular weight is 600 g/mol. The van der Waals surface area contributed by atoms with Gasteiger partial charge in [-0.3, -0.25) is 4.72 Å². The van der Waals surface area contributed by atoms with E-state index in [0.29, 0.717) is 29.7 Å². The first-order valence-corrected chi connectivity index (χ1v) is 13.4. The van der Waals surface area contributed by atoms with Gasteiger partial charge in [0.2, 0.25) is 5.95 Å². The lowest BCUT2D eigenvalue weighted by Gasteiger charge is -2.19. The van der Waals surface area contributed by atoms with Crippen LogP contribution in [0.5, 0.6) is 5.75 Å². The summed E-state index contributed by atoms with van der Waals surface area (Å²) in [7, 11) is 3.52. The lowest BCUT2D eigenvalue weighted by Crippen LogP contribution is -2.20. The third-order valence-electron chi connectivity index (χ3n) is 5.53. The summed E-state index contributed by atoms with van der Waals surface area (Å²) in [6.07, 6.45) is -3.12. The third-order valence-corrected chi connectivity index (χ3v) is 6.37. The first kappa shape index (κ1) is 30.4. The molecule has 42 heavy (non-hydrogen) atoms. The summed E-state index contributed by atoms with van der Waals surface area (Å²) >= 11 is 1.51. The van der Waals surface area contributed by atoms with Gasteiger partial charge in [0.15, 0.2) is 0 Å². The molecule has 0 aliphatic rings. The zero-order valence-electron chi connectivity index (χ0n) is 22.6. The highest BCUT2D eigenvalue weighted by molar-refractivity contribution is 7.97. The van der Waals surface area contributed by atoms with Crippen molar-refractivity contribution < 1.29 is 27.4 Å². The minimum Gasteiger partial charge on any atom is -0.406 e. The van der Waals surface area contributed by atoms with E-state index in [1.54, 1.807) is 31.5 Å². The summed E-state index contributed by atoms with van der Waals surface area (Å²) in [5.74, 6) is 0.701. The van der Waals surface area contributed by atoms with E-state index in [4.69, 9.17) is 4.74 Å². The van der Waals surface area contributed by atoms with Crippen molar-refractivity contribution >= 4 is 52.5 Å². The van der Waals surface area contributed by atoms with E-state index in [-0.39, 0.29) is 5.75 Å².